The third kappa shape index (κ3) is 3.35. The average Bonchev–Trinajstić information content (AvgIpc) is 2.42. The molecule has 0 unspecified atom stereocenters. The topological polar surface area (TPSA) is 66.3 Å². The molecule has 0 aliphatic rings. The van der Waals surface area contributed by atoms with Crippen molar-refractivity contribution in [2.45, 2.75) is 40.5 Å². The van der Waals surface area contributed by atoms with Crippen molar-refractivity contribution in [3.63, 3.8) is 0 Å². The first-order chi connectivity index (χ1) is 9.46. The summed E-state index contributed by atoms with van der Waals surface area (Å²) in [5.41, 5.74) is 2.79. The molecule has 0 aliphatic heterocycles. The fraction of sp³-hybridized carbons (Fsp3) is 0.533. The van der Waals surface area contributed by atoms with E-state index in [-0.39, 0.29) is 5.56 Å². The van der Waals surface area contributed by atoms with Crippen LogP contribution >= 0.6 is 0 Å². The number of carboxylic acids is 1. The molecule has 110 valence electrons. The van der Waals surface area contributed by atoms with Gasteiger partial charge in [0.1, 0.15) is 5.56 Å². The van der Waals surface area contributed by atoms with E-state index in [0.29, 0.717) is 31.7 Å². The maximum atomic E-state index is 11.7. The first-order valence-corrected chi connectivity index (χ1v) is 6.97. The van der Waals surface area contributed by atoms with E-state index in [1.165, 1.54) is 0 Å². The molecule has 0 aromatic carbocycles. The number of carbonyl (C=O) groups is 1. The number of aromatic carboxylic acids is 1. The molecule has 1 N–H and O–H groups in total. The lowest BCUT2D eigenvalue weighted by Gasteiger charge is -2.24. The zero-order chi connectivity index (χ0) is 15.3. The number of aromatic nitrogens is 2. The van der Waals surface area contributed by atoms with Crippen LogP contribution in [0.15, 0.2) is 12.2 Å². The quantitative estimate of drug-likeness (QED) is 0.776. The summed E-state index contributed by atoms with van der Waals surface area (Å²) in [6, 6.07) is 0. The minimum atomic E-state index is -0.943. The first kappa shape index (κ1) is 16.1. The Morgan fingerprint density at radius 2 is 1.90 bits per heavy atom. The number of aryl methyl sites for hydroxylation is 1. The molecule has 0 amide bonds. The Morgan fingerprint density at radius 1 is 1.25 bits per heavy atom. The van der Waals surface area contributed by atoms with Gasteiger partial charge in [-0.25, -0.2) is 4.79 Å². The molecule has 5 heteroatoms. The summed E-state index contributed by atoms with van der Waals surface area (Å²) in [6.45, 7) is 12.9. The van der Waals surface area contributed by atoms with Gasteiger partial charge in [-0.1, -0.05) is 26.0 Å². The zero-order valence-electron chi connectivity index (χ0n) is 12.7. The Labute approximate surface area is 120 Å². The van der Waals surface area contributed by atoms with Crippen molar-refractivity contribution in [2.75, 3.05) is 18.0 Å². The fourth-order valence-electron chi connectivity index (χ4n) is 2.27. The standard InChI is InChI=1S/C15H23N3O2/c1-6-11-12(7-2)16-17-14(13(11)15(19)20)18(8-3)9-10(4)5/h4,6-9H2,1-3,5H3,(H,19,20). The number of likely N-dealkylation sites (N-methyl/N-ethyl adjacent to an activating group) is 1. The van der Waals surface area contributed by atoms with Gasteiger partial charge in [-0.15, -0.1) is 5.10 Å². The minimum Gasteiger partial charge on any atom is -0.478 e. The Kier molecular flexibility index (Phi) is 5.67. The van der Waals surface area contributed by atoms with Crippen LogP contribution in [0.25, 0.3) is 0 Å². The second-order valence-electron chi connectivity index (χ2n) is 4.81. The SMILES string of the molecule is C=C(C)CN(CC)c1nnc(CC)c(CC)c1C(=O)O. The molecule has 20 heavy (non-hydrogen) atoms. The molecule has 0 radical (unpaired) electrons. The van der Waals surface area contributed by atoms with Gasteiger partial charge in [0.15, 0.2) is 5.82 Å². The van der Waals surface area contributed by atoms with E-state index in [2.05, 4.69) is 16.8 Å². The average molecular weight is 277 g/mol. The van der Waals surface area contributed by atoms with Crippen molar-refractivity contribution in [3.8, 4) is 0 Å². The van der Waals surface area contributed by atoms with Crippen LogP contribution in [-0.2, 0) is 12.8 Å². The van der Waals surface area contributed by atoms with E-state index in [1.807, 2.05) is 32.6 Å². The van der Waals surface area contributed by atoms with Crippen LogP contribution < -0.4 is 4.90 Å². The van der Waals surface area contributed by atoms with Crippen LogP contribution in [0.1, 0.15) is 49.3 Å². The lowest BCUT2D eigenvalue weighted by atomic mass is 10.0. The van der Waals surface area contributed by atoms with Crippen LogP contribution in [0.4, 0.5) is 5.82 Å². The van der Waals surface area contributed by atoms with Gasteiger partial charge in [-0.2, -0.15) is 5.10 Å². The minimum absolute atomic E-state index is 0.280. The molecule has 0 saturated heterocycles. The van der Waals surface area contributed by atoms with Crippen molar-refractivity contribution >= 4 is 11.8 Å². The van der Waals surface area contributed by atoms with Crippen LogP contribution in [-0.4, -0.2) is 34.4 Å². The van der Waals surface area contributed by atoms with E-state index in [0.717, 1.165) is 16.8 Å². The summed E-state index contributed by atoms with van der Waals surface area (Å²) in [7, 11) is 0. The number of hydrogen-bond donors (Lipinski definition) is 1. The zero-order valence-corrected chi connectivity index (χ0v) is 12.7. The lowest BCUT2D eigenvalue weighted by molar-refractivity contribution is 0.0695. The number of nitrogens with zero attached hydrogens (tertiary/aromatic N) is 3. The van der Waals surface area contributed by atoms with Gasteiger partial charge in [0.25, 0.3) is 0 Å². The highest BCUT2D eigenvalue weighted by Crippen LogP contribution is 2.24. The second kappa shape index (κ2) is 7.03. The van der Waals surface area contributed by atoms with Crippen molar-refractivity contribution in [2.24, 2.45) is 0 Å². The Morgan fingerprint density at radius 3 is 2.30 bits per heavy atom. The van der Waals surface area contributed by atoms with Gasteiger partial charge < -0.3 is 10.0 Å². The van der Waals surface area contributed by atoms with Crippen molar-refractivity contribution in [3.05, 3.63) is 29.0 Å². The molecule has 0 spiro atoms. The summed E-state index contributed by atoms with van der Waals surface area (Å²) in [6.07, 6.45) is 1.32. The molecular formula is C15H23N3O2. The van der Waals surface area contributed by atoms with Gasteiger partial charge in [-0.3, -0.25) is 0 Å². The molecule has 0 bridgehead atoms. The third-order valence-electron chi connectivity index (χ3n) is 3.18. The predicted molar refractivity (Wildman–Crippen MR) is 80.4 cm³/mol. The van der Waals surface area contributed by atoms with Crippen LogP contribution in [0.2, 0.25) is 0 Å². The molecule has 5 nitrogen and oxygen atoms in total. The molecule has 1 aromatic heterocycles. The lowest BCUT2D eigenvalue weighted by Crippen LogP contribution is -2.29. The largest absolute Gasteiger partial charge is 0.478 e. The van der Waals surface area contributed by atoms with Crippen LogP contribution in [0.3, 0.4) is 0 Å². The molecule has 0 atom stereocenters. The monoisotopic (exact) mass is 277 g/mol. The van der Waals surface area contributed by atoms with Gasteiger partial charge >= 0.3 is 5.97 Å². The maximum absolute atomic E-state index is 11.7. The van der Waals surface area contributed by atoms with Crippen molar-refractivity contribution in [1.29, 1.82) is 0 Å². The van der Waals surface area contributed by atoms with E-state index in [1.54, 1.807) is 0 Å². The summed E-state index contributed by atoms with van der Waals surface area (Å²) < 4.78 is 0. The van der Waals surface area contributed by atoms with Gasteiger partial charge in [0.05, 0.1) is 5.69 Å². The maximum Gasteiger partial charge on any atom is 0.339 e. The molecule has 1 heterocycles. The number of carboxylic acid groups (broad SMARTS) is 1. The molecule has 0 saturated carbocycles. The molecular weight excluding hydrogens is 254 g/mol. The van der Waals surface area contributed by atoms with E-state index < -0.39 is 5.97 Å². The van der Waals surface area contributed by atoms with E-state index >= 15 is 0 Å². The summed E-state index contributed by atoms with van der Waals surface area (Å²) in [5, 5.41) is 17.9. The fourth-order valence-corrected chi connectivity index (χ4v) is 2.27. The highest BCUT2D eigenvalue weighted by atomic mass is 16.4. The Bertz CT molecular complexity index is 512. The number of anilines is 1. The summed E-state index contributed by atoms with van der Waals surface area (Å²) in [5.74, 6) is -0.501. The van der Waals surface area contributed by atoms with Crippen LogP contribution in [0.5, 0.6) is 0 Å². The molecule has 1 aromatic rings. The second-order valence-corrected chi connectivity index (χ2v) is 4.81. The van der Waals surface area contributed by atoms with Gasteiger partial charge in [-0.05, 0) is 32.3 Å². The van der Waals surface area contributed by atoms with E-state index in [9.17, 15) is 9.90 Å². The Hall–Kier alpha value is -1.91. The summed E-state index contributed by atoms with van der Waals surface area (Å²) in [4.78, 5) is 13.6. The van der Waals surface area contributed by atoms with Gasteiger partial charge in [0.2, 0.25) is 0 Å². The van der Waals surface area contributed by atoms with Crippen LogP contribution in [0, 0.1) is 0 Å². The molecule has 1 rings (SSSR count). The number of hydrogen-bond acceptors (Lipinski definition) is 4. The first-order valence-electron chi connectivity index (χ1n) is 6.97. The number of rotatable bonds is 7. The summed E-state index contributed by atoms with van der Waals surface area (Å²) >= 11 is 0. The van der Waals surface area contributed by atoms with E-state index in [4.69, 9.17) is 0 Å². The normalized spacial score (nSPS) is 10.4. The van der Waals surface area contributed by atoms with Gasteiger partial charge in [0, 0.05) is 13.1 Å². The highest BCUT2D eigenvalue weighted by Gasteiger charge is 2.23. The molecule has 0 aliphatic carbocycles. The van der Waals surface area contributed by atoms with Crippen molar-refractivity contribution < 1.29 is 9.90 Å². The predicted octanol–water partition coefficient (Wildman–Crippen LogP) is 2.70. The third-order valence-corrected chi connectivity index (χ3v) is 3.18. The molecule has 0 fully saturated rings. The Balaban J connectivity index is 3.45. The highest BCUT2D eigenvalue weighted by molar-refractivity contribution is 5.95. The smallest absolute Gasteiger partial charge is 0.339 e. The van der Waals surface area contributed by atoms with Crippen molar-refractivity contribution in [1.82, 2.24) is 10.2 Å².